The smallest absolute Gasteiger partial charge is 0.273 e. The van der Waals surface area contributed by atoms with E-state index in [9.17, 15) is 4.79 Å². The standard InChI is InChI=1S/C18H26N4O/c1-18(2)13-6-5-12(14(18)9-13)7-8-20-16-11-19-10-15(21-16)17(23)22(3)4/h5,10-11,13-14H,6-9H2,1-4H3,(H,20,21). The van der Waals surface area contributed by atoms with Gasteiger partial charge in [-0.1, -0.05) is 25.5 Å². The molecule has 1 fully saturated rings. The Kier molecular flexibility index (Phi) is 4.13. The normalized spacial score (nSPS) is 24.4. The maximum absolute atomic E-state index is 11.9. The summed E-state index contributed by atoms with van der Waals surface area (Å²) in [7, 11) is 3.43. The van der Waals surface area contributed by atoms with Gasteiger partial charge < -0.3 is 10.2 Å². The second-order valence-electron chi connectivity index (χ2n) is 7.49. The van der Waals surface area contributed by atoms with E-state index in [0.717, 1.165) is 24.8 Å². The van der Waals surface area contributed by atoms with E-state index < -0.39 is 0 Å². The summed E-state index contributed by atoms with van der Waals surface area (Å²) in [6, 6.07) is 0. The number of nitrogens with zero attached hydrogens (tertiary/aromatic N) is 3. The molecule has 0 aliphatic heterocycles. The third-order valence-electron chi connectivity index (χ3n) is 5.56. The SMILES string of the molecule is CN(C)C(=O)c1cncc(NCCC2=CCC3CC2C3(C)C)n1. The molecule has 2 bridgehead atoms. The van der Waals surface area contributed by atoms with Crippen LogP contribution in [0, 0.1) is 17.3 Å². The van der Waals surface area contributed by atoms with E-state index >= 15 is 0 Å². The highest BCUT2D eigenvalue weighted by Gasteiger charge is 2.50. The molecule has 0 spiro atoms. The van der Waals surface area contributed by atoms with Crippen molar-refractivity contribution in [3.05, 3.63) is 29.7 Å². The summed E-state index contributed by atoms with van der Waals surface area (Å²) in [5.74, 6) is 2.16. The van der Waals surface area contributed by atoms with Crippen molar-refractivity contribution in [2.75, 3.05) is 26.0 Å². The third-order valence-corrected chi connectivity index (χ3v) is 5.56. The molecule has 1 amide bonds. The van der Waals surface area contributed by atoms with Crippen molar-refractivity contribution >= 4 is 11.7 Å². The summed E-state index contributed by atoms with van der Waals surface area (Å²) >= 11 is 0. The van der Waals surface area contributed by atoms with Crippen LogP contribution in [-0.2, 0) is 0 Å². The van der Waals surface area contributed by atoms with Gasteiger partial charge in [0.15, 0.2) is 0 Å². The van der Waals surface area contributed by atoms with Crippen LogP contribution < -0.4 is 5.32 Å². The predicted octanol–water partition coefficient (Wildman–Crippen LogP) is 2.97. The molecule has 1 aromatic heterocycles. The highest BCUT2D eigenvalue weighted by atomic mass is 16.2. The maximum Gasteiger partial charge on any atom is 0.273 e. The van der Waals surface area contributed by atoms with E-state index in [1.807, 2.05) is 0 Å². The van der Waals surface area contributed by atoms with Crippen molar-refractivity contribution < 1.29 is 4.79 Å². The van der Waals surface area contributed by atoms with Crippen LogP contribution in [-0.4, -0.2) is 41.4 Å². The van der Waals surface area contributed by atoms with Gasteiger partial charge >= 0.3 is 0 Å². The molecule has 3 aliphatic rings. The largest absolute Gasteiger partial charge is 0.368 e. The molecule has 0 radical (unpaired) electrons. The van der Waals surface area contributed by atoms with Gasteiger partial charge in [-0.15, -0.1) is 0 Å². The predicted molar refractivity (Wildman–Crippen MR) is 91.2 cm³/mol. The van der Waals surface area contributed by atoms with Crippen LogP contribution >= 0.6 is 0 Å². The van der Waals surface area contributed by atoms with Gasteiger partial charge in [0, 0.05) is 20.6 Å². The minimum Gasteiger partial charge on any atom is -0.368 e. The fourth-order valence-electron chi connectivity index (χ4n) is 3.88. The Labute approximate surface area is 138 Å². The molecule has 1 aromatic rings. The zero-order valence-corrected chi connectivity index (χ0v) is 14.5. The Bertz CT molecular complexity index is 636. The molecule has 124 valence electrons. The molecule has 2 unspecified atom stereocenters. The lowest BCUT2D eigenvalue weighted by Gasteiger charge is -2.56. The summed E-state index contributed by atoms with van der Waals surface area (Å²) in [4.78, 5) is 21.9. The first-order valence-corrected chi connectivity index (χ1v) is 8.36. The molecule has 23 heavy (non-hydrogen) atoms. The van der Waals surface area contributed by atoms with Crippen molar-refractivity contribution in [1.29, 1.82) is 0 Å². The van der Waals surface area contributed by atoms with Crippen molar-refractivity contribution in [3.8, 4) is 0 Å². The van der Waals surface area contributed by atoms with E-state index in [1.54, 1.807) is 25.9 Å². The maximum atomic E-state index is 11.9. The lowest BCUT2D eigenvalue weighted by Crippen LogP contribution is -2.48. The van der Waals surface area contributed by atoms with Gasteiger partial charge in [-0.05, 0) is 36.5 Å². The Hall–Kier alpha value is -1.91. The number of allylic oxidation sites excluding steroid dienone is 1. The van der Waals surface area contributed by atoms with Crippen LogP contribution in [0.15, 0.2) is 24.0 Å². The number of nitrogens with one attached hydrogen (secondary N) is 1. The number of hydrogen-bond acceptors (Lipinski definition) is 4. The quantitative estimate of drug-likeness (QED) is 0.849. The average molecular weight is 314 g/mol. The highest BCUT2D eigenvalue weighted by molar-refractivity contribution is 5.91. The Morgan fingerprint density at radius 2 is 2.17 bits per heavy atom. The van der Waals surface area contributed by atoms with E-state index in [2.05, 4.69) is 35.2 Å². The number of hydrogen-bond donors (Lipinski definition) is 1. The van der Waals surface area contributed by atoms with Gasteiger partial charge in [0.25, 0.3) is 5.91 Å². The molecule has 1 heterocycles. The Morgan fingerprint density at radius 1 is 1.39 bits per heavy atom. The summed E-state index contributed by atoms with van der Waals surface area (Å²) in [5, 5.41) is 3.31. The Balaban J connectivity index is 1.56. The summed E-state index contributed by atoms with van der Waals surface area (Å²) in [6.45, 7) is 5.62. The fourth-order valence-corrected chi connectivity index (χ4v) is 3.88. The van der Waals surface area contributed by atoms with Crippen LogP contribution in [0.3, 0.4) is 0 Å². The fraction of sp³-hybridized carbons (Fsp3) is 0.611. The van der Waals surface area contributed by atoms with Crippen molar-refractivity contribution in [2.45, 2.75) is 33.1 Å². The zero-order chi connectivity index (χ0) is 16.6. The van der Waals surface area contributed by atoms with Gasteiger partial charge in [-0.2, -0.15) is 0 Å². The number of carbonyl (C=O) groups excluding carboxylic acids is 1. The minimum atomic E-state index is -0.126. The molecule has 5 heteroatoms. The number of amides is 1. The number of rotatable bonds is 5. The van der Waals surface area contributed by atoms with Gasteiger partial charge in [0.1, 0.15) is 11.5 Å². The lowest BCUT2D eigenvalue weighted by molar-refractivity contribution is -0.00789. The minimum absolute atomic E-state index is 0.126. The Morgan fingerprint density at radius 3 is 2.83 bits per heavy atom. The van der Waals surface area contributed by atoms with Crippen LogP contribution in [0.2, 0.25) is 0 Å². The van der Waals surface area contributed by atoms with Gasteiger partial charge in [0.05, 0.1) is 12.4 Å². The molecule has 0 saturated heterocycles. The average Bonchev–Trinajstić information content (AvgIpc) is 2.54. The number of carbonyl (C=O) groups is 1. The molecule has 3 aliphatic carbocycles. The number of aromatic nitrogens is 2. The van der Waals surface area contributed by atoms with Crippen molar-refractivity contribution in [3.63, 3.8) is 0 Å². The first-order chi connectivity index (χ1) is 10.9. The summed E-state index contributed by atoms with van der Waals surface area (Å²) in [5.41, 5.74) is 2.43. The van der Waals surface area contributed by atoms with E-state index in [1.165, 1.54) is 23.9 Å². The molecule has 5 nitrogen and oxygen atoms in total. The lowest BCUT2D eigenvalue weighted by atomic mass is 9.48. The first kappa shape index (κ1) is 16.0. The molecular weight excluding hydrogens is 288 g/mol. The third kappa shape index (κ3) is 2.96. The summed E-state index contributed by atoms with van der Waals surface area (Å²) < 4.78 is 0. The monoisotopic (exact) mass is 314 g/mol. The second kappa shape index (κ2) is 5.95. The van der Waals surface area contributed by atoms with Crippen LogP contribution in [0.25, 0.3) is 0 Å². The molecule has 4 rings (SSSR count). The van der Waals surface area contributed by atoms with Gasteiger partial charge in [-0.3, -0.25) is 9.78 Å². The zero-order valence-electron chi connectivity index (χ0n) is 14.5. The topological polar surface area (TPSA) is 58.1 Å². The second-order valence-corrected chi connectivity index (χ2v) is 7.49. The molecule has 2 atom stereocenters. The number of anilines is 1. The molecular formula is C18H26N4O. The van der Waals surface area contributed by atoms with Gasteiger partial charge in [0.2, 0.25) is 0 Å². The molecule has 0 aromatic carbocycles. The van der Waals surface area contributed by atoms with Gasteiger partial charge in [-0.25, -0.2) is 4.98 Å². The molecule has 1 saturated carbocycles. The van der Waals surface area contributed by atoms with E-state index in [-0.39, 0.29) is 5.91 Å². The van der Waals surface area contributed by atoms with E-state index in [4.69, 9.17) is 0 Å². The van der Waals surface area contributed by atoms with Crippen LogP contribution in [0.4, 0.5) is 5.82 Å². The summed E-state index contributed by atoms with van der Waals surface area (Å²) in [6.07, 6.45) is 9.23. The van der Waals surface area contributed by atoms with Crippen LogP contribution in [0.1, 0.15) is 43.6 Å². The number of fused-ring (bicyclic) bond motifs is 1. The molecule has 1 N–H and O–H groups in total. The van der Waals surface area contributed by atoms with E-state index in [0.29, 0.717) is 16.9 Å². The first-order valence-electron chi connectivity index (χ1n) is 8.36. The van der Waals surface area contributed by atoms with Crippen molar-refractivity contribution in [1.82, 2.24) is 14.9 Å². The highest BCUT2D eigenvalue weighted by Crippen LogP contribution is 2.59. The van der Waals surface area contributed by atoms with Crippen LogP contribution in [0.5, 0.6) is 0 Å². The van der Waals surface area contributed by atoms with Crippen molar-refractivity contribution in [2.24, 2.45) is 17.3 Å².